The minimum Gasteiger partial charge on any atom is -0.388 e. The SMILES string of the molecule is Cn1ncnc1CC(O)c1ccc(C#N)cc1. The Morgan fingerprint density at radius 2 is 2.12 bits per heavy atom. The van der Waals surface area contributed by atoms with E-state index in [2.05, 4.69) is 10.1 Å². The summed E-state index contributed by atoms with van der Waals surface area (Å²) in [4.78, 5) is 4.05. The van der Waals surface area contributed by atoms with E-state index in [0.29, 0.717) is 12.0 Å². The van der Waals surface area contributed by atoms with Crippen LogP contribution in [0.25, 0.3) is 0 Å². The number of benzene rings is 1. The Balaban J connectivity index is 2.12. The maximum absolute atomic E-state index is 10.0. The molecule has 2 rings (SSSR count). The quantitative estimate of drug-likeness (QED) is 0.849. The topological polar surface area (TPSA) is 74.7 Å². The molecule has 1 aromatic carbocycles. The van der Waals surface area contributed by atoms with Crippen LogP contribution in [0.4, 0.5) is 0 Å². The largest absolute Gasteiger partial charge is 0.388 e. The van der Waals surface area contributed by atoms with Gasteiger partial charge in [-0.3, -0.25) is 4.68 Å². The maximum atomic E-state index is 10.0. The number of hydrogen-bond donors (Lipinski definition) is 1. The molecule has 1 heterocycles. The highest BCUT2D eigenvalue weighted by atomic mass is 16.3. The number of aryl methyl sites for hydroxylation is 1. The van der Waals surface area contributed by atoms with Crippen molar-refractivity contribution in [2.45, 2.75) is 12.5 Å². The van der Waals surface area contributed by atoms with Crippen molar-refractivity contribution in [2.24, 2.45) is 7.05 Å². The molecule has 0 radical (unpaired) electrons. The zero-order chi connectivity index (χ0) is 12.3. The second kappa shape index (κ2) is 4.76. The Bertz CT molecular complexity index is 538. The molecule has 1 atom stereocenters. The Morgan fingerprint density at radius 3 is 2.65 bits per heavy atom. The van der Waals surface area contributed by atoms with Gasteiger partial charge in [0.1, 0.15) is 12.2 Å². The Labute approximate surface area is 99.0 Å². The van der Waals surface area contributed by atoms with Gasteiger partial charge in [-0.25, -0.2) is 4.98 Å². The van der Waals surface area contributed by atoms with E-state index in [1.165, 1.54) is 6.33 Å². The van der Waals surface area contributed by atoms with Crippen molar-refractivity contribution in [3.63, 3.8) is 0 Å². The number of hydrogen-bond acceptors (Lipinski definition) is 4. The van der Waals surface area contributed by atoms with Gasteiger partial charge in [-0.2, -0.15) is 10.4 Å². The van der Waals surface area contributed by atoms with E-state index in [4.69, 9.17) is 5.26 Å². The lowest BCUT2D eigenvalue weighted by Gasteiger charge is -2.10. The van der Waals surface area contributed by atoms with Crippen LogP contribution < -0.4 is 0 Å². The fourth-order valence-corrected chi connectivity index (χ4v) is 1.58. The van der Waals surface area contributed by atoms with Crippen LogP contribution in [0.2, 0.25) is 0 Å². The number of nitriles is 1. The third-order valence-corrected chi connectivity index (χ3v) is 2.61. The summed E-state index contributed by atoms with van der Waals surface area (Å²) in [7, 11) is 1.79. The molecule has 0 aliphatic carbocycles. The van der Waals surface area contributed by atoms with Crippen LogP contribution >= 0.6 is 0 Å². The van der Waals surface area contributed by atoms with Gasteiger partial charge in [0.05, 0.1) is 17.7 Å². The first-order chi connectivity index (χ1) is 8.20. The second-order valence-electron chi connectivity index (χ2n) is 3.75. The zero-order valence-corrected chi connectivity index (χ0v) is 9.41. The highest BCUT2D eigenvalue weighted by Gasteiger charge is 2.11. The van der Waals surface area contributed by atoms with Crippen LogP contribution in [-0.4, -0.2) is 19.9 Å². The molecule has 0 aliphatic rings. The van der Waals surface area contributed by atoms with Gasteiger partial charge in [0.15, 0.2) is 0 Å². The molecule has 0 bridgehead atoms. The summed E-state index contributed by atoms with van der Waals surface area (Å²) < 4.78 is 1.63. The smallest absolute Gasteiger partial charge is 0.138 e. The molecule has 17 heavy (non-hydrogen) atoms. The van der Waals surface area contributed by atoms with Gasteiger partial charge in [0.25, 0.3) is 0 Å². The average molecular weight is 228 g/mol. The Hall–Kier alpha value is -2.19. The molecule has 0 saturated carbocycles. The molecule has 1 N–H and O–H groups in total. The molecular formula is C12H12N4O. The van der Waals surface area contributed by atoms with Crippen molar-refractivity contribution in [3.8, 4) is 6.07 Å². The van der Waals surface area contributed by atoms with Crippen molar-refractivity contribution in [2.75, 3.05) is 0 Å². The molecule has 2 aromatic rings. The van der Waals surface area contributed by atoms with Gasteiger partial charge < -0.3 is 5.11 Å². The molecule has 0 spiro atoms. The van der Waals surface area contributed by atoms with Gasteiger partial charge in [-0.15, -0.1) is 0 Å². The number of aliphatic hydroxyl groups is 1. The molecule has 5 heteroatoms. The van der Waals surface area contributed by atoms with Crippen molar-refractivity contribution in [3.05, 3.63) is 47.5 Å². The minimum atomic E-state index is -0.634. The van der Waals surface area contributed by atoms with Gasteiger partial charge in [-0.05, 0) is 17.7 Å². The second-order valence-corrected chi connectivity index (χ2v) is 3.75. The lowest BCUT2D eigenvalue weighted by atomic mass is 10.0. The third kappa shape index (κ3) is 2.49. The molecular weight excluding hydrogens is 216 g/mol. The number of aromatic nitrogens is 3. The molecule has 5 nitrogen and oxygen atoms in total. The highest BCUT2D eigenvalue weighted by molar-refractivity contribution is 5.32. The fourth-order valence-electron chi connectivity index (χ4n) is 1.58. The summed E-state index contributed by atoms with van der Waals surface area (Å²) in [5, 5.41) is 22.6. The first-order valence-corrected chi connectivity index (χ1v) is 5.21. The molecule has 0 fully saturated rings. The summed E-state index contributed by atoms with van der Waals surface area (Å²) >= 11 is 0. The van der Waals surface area contributed by atoms with Crippen molar-refractivity contribution in [1.82, 2.24) is 14.8 Å². The van der Waals surface area contributed by atoms with Gasteiger partial charge in [0, 0.05) is 13.5 Å². The summed E-state index contributed by atoms with van der Waals surface area (Å²) in [6.07, 6.45) is 1.23. The first kappa shape index (κ1) is 11.3. The van der Waals surface area contributed by atoms with E-state index in [1.54, 1.807) is 36.0 Å². The molecule has 0 amide bonds. The molecule has 0 saturated heterocycles. The van der Waals surface area contributed by atoms with Crippen LogP contribution in [0.1, 0.15) is 23.1 Å². The summed E-state index contributed by atoms with van der Waals surface area (Å²) in [5.74, 6) is 0.724. The monoisotopic (exact) mass is 228 g/mol. The van der Waals surface area contributed by atoms with Gasteiger partial charge >= 0.3 is 0 Å². The maximum Gasteiger partial charge on any atom is 0.138 e. The van der Waals surface area contributed by atoms with Crippen molar-refractivity contribution >= 4 is 0 Å². The van der Waals surface area contributed by atoms with Crippen LogP contribution in [0, 0.1) is 11.3 Å². The minimum absolute atomic E-state index is 0.405. The van der Waals surface area contributed by atoms with Crippen LogP contribution in [0.5, 0.6) is 0 Å². The van der Waals surface area contributed by atoms with E-state index in [9.17, 15) is 5.11 Å². The lowest BCUT2D eigenvalue weighted by molar-refractivity contribution is 0.174. The van der Waals surface area contributed by atoms with E-state index < -0.39 is 6.10 Å². The van der Waals surface area contributed by atoms with Crippen LogP contribution in [-0.2, 0) is 13.5 Å². The molecule has 1 aromatic heterocycles. The molecule has 86 valence electrons. The predicted octanol–water partition coefficient (Wildman–Crippen LogP) is 0.963. The van der Waals surface area contributed by atoms with Crippen LogP contribution in [0.3, 0.4) is 0 Å². The normalized spacial score (nSPS) is 12.1. The first-order valence-electron chi connectivity index (χ1n) is 5.21. The Morgan fingerprint density at radius 1 is 1.41 bits per heavy atom. The number of nitrogens with zero attached hydrogens (tertiary/aromatic N) is 4. The van der Waals surface area contributed by atoms with E-state index in [-0.39, 0.29) is 0 Å². The van der Waals surface area contributed by atoms with Gasteiger partial charge in [-0.1, -0.05) is 12.1 Å². The van der Waals surface area contributed by atoms with Crippen molar-refractivity contribution in [1.29, 1.82) is 5.26 Å². The third-order valence-electron chi connectivity index (χ3n) is 2.61. The standard InChI is InChI=1S/C12H12N4O/c1-16-12(14-8-15-16)6-11(17)10-4-2-9(7-13)3-5-10/h2-5,8,11,17H,6H2,1H3. The summed E-state index contributed by atoms with van der Waals surface area (Å²) in [6, 6.07) is 8.92. The van der Waals surface area contributed by atoms with E-state index >= 15 is 0 Å². The van der Waals surface area contributed by atoms with Crippen LogP contribution in [0.15, 0.2) is 30.6 Å². The zero-order valence-electron chi connectivity index (χ0n) is 9.41. The fraction of sp³-hybridized carbons (Fsp3) is 0.250. The molecule has 0 aliphatic heterocycles. The predicted molar refractivity (Wildman–Crippen MR) is 60.8 cm³/mol. The molecule has 1 unspecified atom stereocenters. The van der Waals surface area contributed by atoms with E-state index in [0.717, 1.165) is 11.4 Å². The Kier molecular flexibility index (Phi) is 3.17. The van der Waals surface area contributed by atoms with E-state index in [1.807, 2.05) is 6.07 Å². The van der Waals surface area contributed by atoms with Gasteiger partial charge in [0.2, 0.25) is 0 Å². The number of rotatable bonds is 3. The lowest BCUT2D eigenvalue weighted by Crippen LogP contribution is -2.07. The summed E-state index contributed by atoms with van der Waals surface area (Å²) in [6.45, 7) is 0. The number of aliphatic hydroxyl groups excluding tert-OH is 1. The average Bonchev–Trinajstić information content (AvgIpc) is 2.75. The highest BCUT2D eigenvalue weighted by Crippen LogP contribution is 2.17. The summed E-state index contributed by atoms with van der Waals surface area (Å²) in [5.41, 5.74) is 1.35. The van der Waals surface area contributed by atoms with Crippen molar-refractivity contribution < 1.29 is 5.11 Å².